The standard InChI is InChI=1S/C13H11F4N3/c1-2-3-20-7-19-11(12(20)18)8-4-9(13(15,16)17)6-10(14)5-8/h2,4-7H,1,3,18H2. The average molecular weight is 285 g/mol. The van der Waals surface area contributed by atoms with Gasteiger partial charge in [-0.15, -0.1) is 6.58 Å². The number of nitrogen functional groups attached to an aromatic ring is 1. The van der Waals surface area contributed by atoms with E-state index in [0.717, 1.165) is 12.1 Å². The smallest absolute Gasteiger partial charge is 0.383 e. The van der Waals surface area contributed by atoms with Crippen LogP contribution in [-0.4, -0.2) is 9.55 Å². The lowest BCUT2D eigenvalue weighted by Gasteiger charge is -2.09. The molecule has 0 spiro atoms. The molecule has 0 fully saturated rings. The van der Waals surface area contributed by atoms with Gasteiger partial charge < -0.3 is 10.3 Å². The van der Waals surface area contributed by atoms with Crippen LogP contribution in [-0.2, 0) is 12.7 Å². The number of hydrogen-bond acceptors (Lipinski definition) is 2. The molecule has 1 aromatic heterocycles. The highest BCUT2D eigenvalue weighted by Gasteiger charge is 2.31. The number of benzene rings is 1. The van der Waals surface area contributed by atoms with Crippen LogP contribution in [0, 0.1) is 5.82 Å². The topological polar surface area (TPSA) is 43.8 Å². The molecule has 0 amide bonds. The highest BCUT2D eigenvalue weighted by atomic mass is 19.4. The Morgan fingerprint density at radius 1 is 1.30 bits per heavy atom. The maximum absolute atomic E-state index is 13.3. The molecule has 2 rings (SSSR count). The number of nitrogens with two attached hydrogens (primary N) is 1. The van der Waals surface area contributed by atoms with Gasteiger partial charge in [-0.1, -0.05) is 6.08 Å². The zero-order chi connectivity index (χ0) is 14.9. The third kappa shape index (κ3) is 2.66. The molecule has 20 heavy (non-hydrogen) atoms. The second-order valence-corrected chi connectivity index (χ2v) is 4.15. The first-order valence-corrected chi connectivity index (χ1v) is 5.62. The van der Waals surface area contributed by atoms with Crippen molar-refractivity contribution in [3.05, 3.63) is 48.6 Å². The number of halogens is 4. The fraction of sp³-hybridized carbons (Fsp3) is 0.154. The highest BCUT2D eigenvalue weighted by molar-refractivity contribution is 5.71. The minimum absolute atomic E-state index is 0.0161. The van der Waals surface area contributed by atoms with Gasteiger partial charge in [-0.25, -0.2) is 9.37 Å². The second-order valence-electron chi connectivity index (χ2n) is 4.15. The summed E-state index contributed by atoms with van der Waals surface area (Å²) in [6.07, 6.45) is -1.70. The average Bonchev–Trinajstić information content (AvgIpc) is 2.70. The fourth-order valence-corrected chi connectivity index (χ4v) is 1.79. The quantitative estimate of drug-likeness (QED) is 0.693. The van der Waals surface area contributed by atoms with E-state index in [0.29, 0.717) is 12.6 Å². The van der Waals surface area contributed by atoms with E-state index in [1.807, 2.05) is 0 Å². The molecular formula is C13H11F4N3. The molecule has 0 aliphatic carbocycles. The van der Waals surface area contributed by atoms with Crippen LogP contribution in [0.5, 0.6) is 0 Å². The van der Waals surface area contributed by atoms with Crippen LogP contribution in [0.15, 0.2) is 37.2 Å². The van der Waals surface area contributed by atoms with Crippen molar-refractivity contribution in [3.8, 4) is 11.3 Å². The van der Waals surface area contributed by atoms with Gasteiger partial charge in [0.05, 0.1) is 11.9 Å². The van der Waals surface area contributed by atoms with E-state index in [1.54, 1.807) is 6.08 Å². The zero-order valence-corrected chi connectivity index (χ0v) is 10.3. The van der Waals surface area contributed by atoms with E-state index >= 15 is 0 Å². The summed E-state index contributed by atoms with van der Waals surface area (Å²) in [6, 6.07) is 2.21. The molecule has 0 saturated carbocycles. The van der Waals surface area contributed by atoms with Gasteiger partial charge in [0.1, 0.15) is 17.3 Å². The molecule has 1 heterocycles. The van der Waals surface area contributed by atoms with Crippen molar-refractivity contribution >= 4 is 5.82 Å². The third-order valence-corrected chi connectivity index (χ3v) is 2.70. The van der Waals surface area contributed by atoms with Crippen molar-refractivity contribution in [2.24, 2.45) is 0 Å². The number of hydrogen-bond donors (Lipinski definition) is 1. The molecule has 0 saturated heterocycles. The summed E-state index contributed by atoms with van der Waals surface area (Å²) in [5.41, 5.74) is 4.79. The lowest BCUT2D eigenvalue weighted by atomic mass is 10.1. The van der Waals surface area contributed by atoms with E-state index in [2.05, 4.69) is 11.6 Å². The van der Waals surface area contributed by atoms with E-state index in [9.17, 15) is 17.6 Å². The van der Waals surface area contributed by atoms with Crippen LogP contribution in [0.25, 0.3) is 11.3 Å². The minimum Gasteiger partial charge on any atom is -0.383 e. The summed E-state index contributed by atoms with van der Waals surface area (Å²) >= 11 is 0. The second kappa shape index (κ2) is 4.99. The number of allylic oxidation sites excluding steroid dienone is 1. The molecule has 0 atom stereocenters. The molecule has 0 unspecified atom stereocenters. The molecule has 3 nitrogen and oxygen atoms in total. The molecule has 0 bridgehead atoms. The fourth-order valence-electron chi connectivity index (χ4n) is 1.79. The number of alkyl halides is 3. The Hall–Kier alpha value is -2.31. The Kier molecular flexibility index (Phi) is 3.52. The summed E-state index contributed by atoms with van der Waals surface area (Å²) in [6.45, 7) is 3.89. The number of imidazole rings is 1. The van der Waals surface area contributed by atoms with Gasteiger partial charge in [-0.2, -0.15) is 13.2 Å². The predicted molar refractivity (Wildman–Crippen MR) is 67.2 cm³/mol. The Morgan fingerprint density at radius 3 is 2.60 bits per heavy atom. The molecule has 1 aromatic carbocycles. The van der Waals surface area contributed by atoms with Crippen molar-refractivity contribution in [1.82, 2.24) is 9.55 Å². The normalized spacial score (nSPS) is 11.6. The molecule has 0 radical (unpaired) electrons. The molecule has 106 valence electrons. The molecule has 2 N–H and O–H groups in total. The van der Waals surface area contributed by atoms with Crippen LogP contribution < -0.4 is 5.73 Å². The summed E-state index contributed by atoms with van der Waals surface area (Å²) in [5.74, 6) is -0.837. The minimum atomic E-state index is -4.63. The lowest BCUT2D eigenvalue weighted by Crippen LogP contribution is -2.06. The van der Waals surface area contributed by atoms with Crippen molar-refractivity contribution in [3.63, 3.8) is 0 Å². The number of nitrogens with zero attached hydrogens (tertiary/aromatic N) is 2. The third-order valence-electron chi connectivity index (χ3n) is 2.70. The molecule has 0 aliphatic rings. The first-order valence-electron chi connectivity index (χ1n) is 5.62. The van der Waals surface area contributed by atoms with Gasteiger partial charge in [-0.05, 0) is 18.2 Å². The van der Waals surface area contributed by atoms with Gasteiger partial charge >= 0.3 is 6.18 Å². The van der Waals surface area contributed by atoms with Crippen LogP contribution in [0.4, 0.5) is 23.4 Å². The maximum Gasteiger partial charge on any atom is 0.416 e. The van der Waals surface area contributed by atoms with Crippen LogP contribution >= 0.6 is 0 Å². The van der Waals surface area contributed by atoms with Crippen LogP contribution in [0.2, 0.25) is 0 Å². The Morgan fingerprint density at radius 2 is 2.00 bits per heavy atom. The predicted octanol–water partition coefficient (Wildman–Crippen LogP) is 3.48. The number of aromatic nitrogens is 2. The van der Waals surface area contributed by atoms with Gasteiger partial charge in [0.15, 0.2) is 0 Å². The maximum atomic E-state index is 13.3. The molecule has 2 aromatic rings. The van der Waals surface area contributed by atoms with Gasteiger partial charge in [0.2, 0.25) is 0 Å². The van der Waals surface area contributed by atoms with E-state index in [4.69, 9.17) is 5.73 Å². The zero-order valence-electron chi connectivity index (χ0n) is 10.3. The van der Waals surface area contributed by atoms with E-state index < -0.39 is 17.6 Å². The first kappa shape index (κ1) is 14.1. The summed E-state index contributed by atoms with van der Waals surface area (Å²) in [4.78, 5) is 3.93. The monoisotopic (exact) mass is 285 g/mol. The summed E-state index contributed by atoms with van der Waals surface area (Å²) < 4.78 is 52.8. The van der Waals surface area contributed by atoms with Crippen molar-refractivity contribution < 1.29 is 17.6 Å². The van der Waals surface area contributed by atoms with E-state index in [-0.39, 0.29) is 17.1 Å². The van der Waals surface area contributed by atoms with Gasteiger partial charge in [0, 0.05) is 12.1 Å². The summed E-state index contributed by atoms with van der Waals surface area (Å²) in [5, 5.41) is 0. The van der Waals surface area contributed by atoms with Gasteiger partial charge in [-0.3, -0.25) is 0 Å². The highest BCUT2D eigenvalue weighted by Crippen LogP contribution is 2.34. The largest absolute Gasteiger partial charge is 0.416 e. The molecular weight excluding hydrogens is 274 g/mol. The Labute approximate surface area is 112 Å². The first-order chi connectivity index (χ1) is 9.32. The van der Waals surface area contributed by atoms with E-state index in [1.165, 1.54) is 10.9 Å². The van der Waals surface area contributed by atoms with Crippen LogP contribution in [0.3, 0.4) is 0 Å². The number of rotatable bonds is 3. The van der Waals surface area contributed by atoms with Crippen molar-refractivity contribution in [2.45, 2.75) is 12.7 Å². The number of anilines is 1. The molecule has 7 heteroatoms. The van der Waals surface area contributed by atoms with Crippen molar-refractivity contribution in [2.75, 3.05) is 5.73 Å². The van der Waals surface area contributed by atoms with Gasteiger partial charge in [0.25, 0.3) is 0 Å². The van der Waals surface area contributed by atoms with Crippen molar-refractivity contribution in [1.29, 1.82) is 0 Å². The molecule has 0 aliphatic heterocycles. The van der Waals surface area contributed by atoms with Crippen LogP contribution in [0.1, 0.15) is 5.56 Å². The summed E-state index contributed by atoms with van der Waals surface area (Å²) in [7, 11) is 0. The Balaban J connectivity index is 2.53. The Bertz CT molecular complexity index is 644. The SMILES string of the molecule is C=CCn1cnc(-c2cc(F)cc(C(F)(F)F)c2)c1N. The lowest BCUT2D eigenvalue weighted by molar-refractivity contribution is -0.137.